The normalized spacial score (nSPS) is 19.5. The highest BCUT2D eigenvalue weighted by atomic mass is 16.4. The van der Waals surface area contributed by atoms with Crippen molar-refractivity contribution in [2.45, 2.75) is 84.0 Å². The molecule has 11 nitrogen and oxygen atoms in total. The van der Waals surface area contributed by atoms with Crippen molar-refractivity contribution in [3.63, 3.8) is 0 Å². The van der Waals surface area contributed by atoms with Crippen LogP contribution in [-0.4, -0.2) is 65.4 Å². The second kappa shape index (κ2) is 13.0. The van der Waals surface area contributed by atoms with E-state index in [4.69, 9.17) is 5.73 Å². The summed E-state index contributed by atoms with van der Waals surface area (Å²) in [6.07, 6.45) is 1.79. The summed E-state index contributed by atoms with van der Waals surface area (Å²) in [5, 5.41) is 20.1. The lowest BCUT2D eigenvalue weighted by Crippen LogP contribution is -2.58. The van der Waals surface area contributed by atoms with E-state index in [1.165, 1.54) is 0 Å². The van der Waals surface area contributed by atoms with Crippen molar-refractivity contribution in [2.24, 2.45) is 17.6 Å². The largest absolute Gasteiger partial charge is 0.480 e. The number of carbonyl (C=O) groups excluding carboxylic acids is 4. The van der Waals surface area contributed by atoms with Gasteiger partial charge in [0, 0.05) is 0 Å². The van der Waals surface area contributed by atoms with E-state index in [9.17, 15) is 29.1 Å². The molecule has 32 heavy (non-hydrogen) atoms. The Morgan fingerprint density at radius 3 is 2.12 bits per heavy atom. The fourth-order valence-electron chi connectivity index (χ4n) is 3.50. The number of amides is 4. The van der Waals surface area contributed by atoms with Gasteiger partial charge < -0.3 is 32.1 Å². The number of rotatable bonds is 13. The van der Waals surface area contributed by atoms with Gasteiger partial charge in [-0.1, -0.05) is 34.1 Å². The number of hydrogen-bond donors (Lipinski definition) is 6. The number of carboxylic acids is 1. The number of aliphatic carboxylic acids is 1. The maximum atomic E-state index is 12.9. The van der Waals surface area contributed by atoms with Gasteiger partial charge in [0.15, 0.2) is 0 Å². The van der Waals surface area contributed by atoms with E-state index >= 15 is 0 Å². The molecule has 0 radical (unpaired) electrons. The topological polar surface area (TPSA) is 180 Å². The van der Waals surface area contributed by atoms with Gasteiger partial charge in [-0.15, -0.1) is 0 Å². The maximum absolute atomic E-state index is 12.9. The van der Waals surface area contributed by atoms with Crippen LogP contribution in [-0.2, 0) is 24.0 Å². The number of carboxylic acid groups (broad SMARTS) is 1. The van der Waals surface area contributed by atoms with Crippen molar-refractivity contribution < 1.29 is 29.1 Å². The first-order valence-electron chi connectivity index (χ1n) is 11.1. The van der Waals surface area contributed by atoms with Crippen LogP contribution in [0, 0.1) is 11.8 Å². The predicted molar refractivity (Wildman–Crippen MR) is 117 cm³/mol. The third-order valence-corrected chi connectivity index (χ3v) is 5.53. The highest BCUT2D eigenvalue weighted by Gasteiger charge is 2.33. The monoisotopic (exact) mass is 455 g/mol. The molecule has 5 unspecified atom stereocenters. The third-order valence-electron chi connectivity index (χ3n) is 5.53. The average Bonchev–Trinajstić information content (AvgIpc) is 3.24. The van der Waals surface area contributed by atoms with E-state index in [-0.39, 0.29) is 18.3 Å². The van der Waals surface area contributed by atoms with Crippen LogP contribution < -0.4 is 27.0 Å². The highest BCUT2D eigenvalue weighted by molar-refractivity contribution is 5.96. The summed E-state index contributed by atoms with van der Waals surface area (Å²) >= 11 is 0. The molecule has 1 heterocycles. The predicted octanol–water partition coefficient (Wildman–Crippen LogP) is -0.755. The van der Waals surface area contributed by atoms with Crippen molar-refractivity contribution in [3.05, 3.63) is 0 Å². The standard InChI is InChI=1S/C21H37N5O6/c1-5-12(4)17(21(31)32)26-20(30)14(9-11(2)3)24-19(29)15(10-16(22)27)25-18(28)13-7-6-8-23-13/h11-15,17,23H,5-10H2,1-4H3,(H2,22,27)(H,24,29)(H,25,28)(H,26,30)(H,31,32). The van der Waals surface area contributed by atoms with E-state index in [1.54, 1.807) is 6.92 Å². The molecule has 0 aromatic carbocycles. The van der Waals surface area contributed by atoms with Crippen LogP contribution in [0.4, 0.5) is 0 Å². The second-order valence-electron chi connectivity index (χ2n) is 8.78. The van der Waals surface area contributed by atoms with Crippen LogP contribution in [0.25, 0.3) is 0 Å². The SMILES string of the molecule is CCC(C)C(NC(=O)C(CC(C)C)NC(=O)C(CC(N)=O)NC(=O)C1CCCN1)C(=O)O. The summed E-state index contributed by atoms with van der Waals surface area (Å²) in [6, 6.07) is -3.84. The van der Waals surface area contributed by atoms with Crippen LogP contribution in [0.15, 0.2) is 0 Å². The number of primary amides is 1. The van der Waals surface area contributed by atoms with Gasteiger partial charge in [0.05, 0.1) is 12.5 Å². The van der Waals surface area contributed by atoms with Crippen molar-refractivity contribution in [2.75, 3.05) is 6.54 Å². The fraction of sp³-hybridized carbons (Fsp3) is 0.762. The highest BCUT2D eigenvalue weighted by Crippen LogP contribution is 2.11. The molecular formula is C21H37N5O6. The summed E-state index contributed by atoms with van der Waals surface area (Å²) in [5.74, 6) is -4.04. The van der Waals surface area contributed by atoms with Crippen LogP contribution >= 0.6 is 0 Å². The molecule has 0 saturated carbocycles. The molecule has 4 amide bonds. The van der Waals surface area contributed by atoms with Gasteiger partial charge >= 0.3 is 5.97 Å². The number of carbonyl (C=O) groups is 5. The molecular weight excluding hydrogens is 418 g/mol. The lowest BCUT2D eigenvalue weighted by Gasteiger charge is -2.27. The zero-order valence-electron chi connectivity index (χ0n) is 19.3. The van der Waals surface area contributed by atoms with Crippen molar-refractivity contribution in [1.82, 2.24) is 21.3 Å². The Morgan fingerprint density at radius 1 is 1.03 bits per heavy atom. The molecule has 182 valence electrons. The minimum atomic E-state index is -1.24. The molecule has 1 rings (SSSR count). The Kier molecular flexibility index (Phi) is 11.1. The molecule has 0 aromatic rings. The first kappa shape index (κ1) is 27.3. The van der Waals surface area contributed by atoms with E-state index < -0.39 is 60.2 Å². The zero-order valence-corrected chi connectivity index (χ0v) is 19.3. The van der Waals surface area contributed by atoms with Gasteiger partial charge in [-0.05, 0) is 37.6 Å². The van der Waals surface area contributed by atoms with Gasteiger partial charge in [-0.25, -0.2) is 4.79 Å². The number of nitrogens with one attached hydrogen (secondary N) is 4. The smallest absolute Gasteiger partial charge is 0.326 e. The van der Waals surface area contributed by atoms with E-state index in [0.717, 1.165) is 6.42 Å². The lowest BCUT2D eigenvalue weighted by molar-refractivity contribution is -0.144. The molecule has 5 atom stereocenters. The summed E-state index contributed by atoms with van der Waals surface area (Å²) in [7, 11) is 0. The Morgan fingerprint density at radius 2 is 1.66 bits per heavy atom. The van der Waals surface area contributed by atoms with Crippen LogP contribution in [0.3, 0.4) is 0 Å². The van der Waals surface area contributed by atoms with E-state index in [1.807, 2.05) is 20.8 Å². The van der Waals surface area contributed by atoms with E-state index in [2.05, 4.69) is 21.3 Å². The lowest BCUT2D eigenvalue weighted by atomic mass is 9.97. The van der Waals surface area contributed by atoms with Gasteiger partial charge in [0.25, 0.3) is 0 Å². The molecule has 1 fully saturated rings. The molecule has 0 spiro atoms. The zero-order chi connectivity index (χ0) is 24.4. The number of hydrogen-bond acceptors (Lipinski definition) is 6. The molecule has 1 aliphatic rings. The Hall–Kier alpha value is -2.69. The quantitative estimate of drug-likeness (QED) is 0.211. The maximum Gasteiger partial charge on any atom is 0.326 e. The van der Waals surface area contributed by atoms with Crippen LogP contribution in [0.5, 0.6) is 0 Å². The van der Waals surface area contributed by atoms with Crippen molar-refractivity contribution in [1.29, 1.82) is 0 Å². The molecule has 0 aromatic heterocycles. The molecule has 1 aliphatic heterocycles. The van der Waals surface area contributed by atoms with Crippen LogP contribution in [0.2, 0.25) is 0 Å². The fourth-order valence-corrected chi connectivity index (χ4v) is 3.50. The third kappa shape index (κ3) is 8.81. The summed E-state index contributed by atoms with van der Waals surface area (Å²) < 4.78 is 0. The van der Waals surface area contributed by atoms with Crippen molar-refractivity contribution >= 4 is 29.6 Å². The Bertz CT molecular complexity index is 692. The molecule has 0 bridgehead atoms. The molecule has 11 heteroatoms. The summed E-state index contributed by atoms with van der Waals surface area (Å²) in [5.41, 5.74) is 5.25. The average molecular weight is 456 g/mol. The minimum absolute atomic E-state index is 0.00444. The summed E-state index contributed by atoms with van der Waals surface area (Å²) in [4.78, 5) is 61.2. The first-order chi connectivity index (χ1) is 15.0. The summed E-state index contributed by atoms with van der Waals surface area (Å²) in [6.45, 7) is 7.91. The van der Waals surface area contributed by atoms with Gasteiger partial charge in [-0.3, -0.25) is 19.2 Å². The van der Waals surface area contributed by atoms with Gasteiger partial charge in [0.2, 0.25) is 23.6 Å². The number of nitrogens with two attached hydrogens (primary N) is 1. The van der Waals surface area contributed by atoms with Crippen LogP contribution in [0.1, 0.15) is 59.8 Å². The van der Waals surface area contributed by atoms with E-state index in [0.29, 0.717) is 19.4 Å². The van der Waals surface area contributed by atoms with Gasteiger partial charge in [-0.2, -0.15) is 0 Å². The Labute approximate surface area is 188 Å². The molecule has 0 aliphatic carbocycles. The molecule has 7 N–H and O–H groups in total. The first-order valence-corrected chi connectivity index (χ1v) is 11.1. The minimum Gasteiger partial charge on any atom is -0.480 e. The second-order valence-corrected chi connectivity index (χ2v) is 8.78. The Balaban J connectivity index is 2.95. The van der Waals surface area contributed by atoms with Crippen molar-refractivity contribution in [3.8, 4) is 0 Å². The molecule has 1 saturated heterocycles. The van der Waals surface area contributed by atoms with Gasteiger partial charge in [0.1, 0.15) is 18.1 Å².